The Bertz CT molecular complexity index is 434. The maximum absolute atomic E-state index is 11.8. The highest BCUT2D eigenvalue weighted by Crippen LogP contribution is 2.10. The summed E-state index contributed by atoms with van der Waals surface area (Å²) in [6, 6.07) is 8.82. The number of amides is 1. The predicted octanol–water partition coefficient (Wildman–Crippen LogP) is 2.94. The molecule has 0 aliphatic heterocycles. The number of nitriles is 1. The topological polar surface area (TPSA) is 52.9 Å². The molecule has 0 aliphatic rings. The number of nitrogens with zero attached hydrogens (tertiary/aromatic N) is 1. The van der Waals surface area contributed by atoms with Crippen molar-refractivity contribution in [2.24, 2.45) is 5.92 Å². The third kappa shape index (κ3) is 5.20. The molecule has 0 saturated carbocycles. The predicted molar refractivity (Wildman–Crippen MR) is 72.2 cm³/mol. The highest BCUT2D eigenvalue weighted by atomic mass is 35.5. The van der Waals surface area contributed by atoms with E-state index in [0.717, 1.165) is 5.56 Å². The molecular formula is C14H17ClN2O. The highest BCUT2D eigenvalue weighted by molar-refractivity contribution is 6.30. The van der Waals surface area contributed by atoms with Crippen molar-refractivity contribution in [2.45, 2.75) is 32.7 Å². The van der Waals surface area contributed by atoms with Gasteiger partial charge in [0.15, 0.2) is 0 Å². The van der Waals surface area contributed by atoms with Crippen LogP contribution in [0.3, 0.4) is 0 Å². The third-order valence-electron chi connectivity index (χ3n) is 2.48. The second-order valence-electron chi connectivity index (χ2n) is 4.68. The molecule has 0 spiro atoms. The fourth-order valence-electron chi connectivity index (χ4n) is 1.65. The van der Waals surface area contributed by atoms with Crippen LogP contribution >= 0.6 is 11.6 Å². The SMILES string of the molecule is CC(C)C[C@@H](C#N)NC(=O)Cc1ccc(Cl)cc1. The Kier molecular flexibility index (Phi) is 5.67. The molecular weight excluding hydrogens is 248 g/mol. The van der Waals surface area contributed by atoms with Gasteiger partial charge in [-0.05, 0) is 30.0 Å². The van der Waals surface area contributed by atoms with E-state index in [0.29, 0.717) is 17.4 Å². The molecule has 1 aromatic rings. The van der Waals surface area contributed by atoms with Gasteiger partial charge in [0.25, 0.3) is 0 Å². The van der Waals surface area contributed by atoms with Crippen LogP contribution in [0.2, 0.25) is 5.02 Å². The van der Waals surface area contributed by atoms with Gasteiger partial charge in [-0.2, -0.15) is 5.26 Å². The van der Waals surface area contributed by atoms with Crippen LogP contribution in [0.5, 0.6) is 0 Å². The molecule has 1 aromatic carbocycles. The van der Waals surface area contributed by atoms with Crippen molar-refractivity contribution in [3.05, 3.63) is 34.9 Å². The molecule has 1 rings (SSSR count). The summed E-state index contributed by atoms with van der Waals surface area (Å²) in [6.07, 6.45) is 0.941. The molecule has 0 aromatic heterocycles. The fourth-order valence-corrected chi connectivity index (χ4v) is 1.77. The minimum Gasteiger partial charge on any atom is -0.340 e. The molecule has 1 N–H and O–H groups in total. The molecule has 0 saturated heterocycles. The van der Waals surface area contributed by atoms with E-state index in [1.54, 1.807) is 12.1 Å². The Morgan fingerprint density at radius 1 is 1.39 bits per heavy atom. The Labute approximate surface area is 113 Å². The van der Waals surface area contributed by atoms with Crippen molar-refractivity contribution < 1.29 is 4.79 Å². The second kappa shape index (κ2) is 7.03. The lowest BCUT2D eigenvalue weighted by atomic mass is 10.0. The second-order valence-corrected chi connectivity index (χ2v) is 5.12. The van der Waals surface area contributed by atoms with Gasteiger partial charge in [-0.3, -0.25) is 4.79 Å². The zero-order valence-corrected chi connectivity index (χ0v) is 11.4. The molecule has 0 unspecified atom stereocenters. The van der Waals surface area contributed by atoms with Crippen molar-refractivity contribution in [3.63, 3.8) is 0 Å². The maximum Gasteiger partial charge on any atom is 0.225 e. The van der Waals surface area contributed by atoms with Gasteiger partial charge in [-0.25, -0.2) is 0 Å². The molecule has 0 fully saturated rings. The highest BCUT2D eigenvalue weighted by Gasteiger charge is 2.13. The summed E-state index contributed by atoms with van der Waals surface area (Å²) in [4.78, 5) is 11.8. The molecule has 1 amide bonds. The summed E-state index contributed by atoms with van der Waals surface area (Å²) in [7, 11) is 0. The van der Waals surface area contributed by atoms with E-state index >= 15 is 0 Å². The quantitative estimate of drug-likeness (QED) is 0.889. The minimum atomic E-state index is -0.412. The first kappa shape index (κ1) is 14.5. The Hall–Kier alpha value is -1.53. The molecule has 96 valence electrons. The molecule has 1 atom stereocenters. The monoisotopic (exact) mass is 264 g/mol. The van der Waals surface area contributed by atoms with E-state index in [4.69, 9.17) is 16.9 Å². The Balaban J connectivity index is 2.50. The minimum absolute atomic E-state index is 0.135. The van der Waals surface area contributed by atoms with Crippen LogP contribution in [0.4, 0.5) is 0 Å². The third-order valence-corrected chi connectivity index (χ3v) is 2.73. The van der Waals surface area contributed by atoms with Crippen molar-refractivity contribution in [2.75, 3.05) is 0 Å². The normalized spacial score (nSPS) is 11.9. The number of carbonyl (C=O) groups is 1. The van der Waals surface area contributed by atoms with Crippen molar-refractivity contribution in [1.29, 1.82) is 5.26 Å². The molecule has 18 heavy (non-hydrogen) atoms. The van der Waals surface area contributed by atoms with Gasteiger partial charge in [0.05, 0.1) is 12.5 Å². The molecule has 4 heteroatoms. The van der Waals surface area contributed by atoms with Crippen LogP contribution in [0, 0.1) is 17.2 Å². The van der Waals surface area contributed by atoms with E-state index in [2.05, 4.69) is 11.4 Å². The number of hydrogen-bond acceptors (Lipinski definition) is 2. The lowest BCUT2D eigenvalue weighted by Crippen LogP contribution is -2.35. The first-order chi connectivity index (χ1) is 8.51. The number of carbonyl (C=O) groups excluding carboxylic acids is 1. The maximum atomic E-state index is 11.8. The van der Waals surface area contributed by atoms with Gasteiger partial charge in [-0.15, -0.1) is 0 Å². The first-order valence-electron chi connectivity index (χ1n) is 5.94. The number of rotatable bonds is 5. The van der Waals surface area contributed by atoms with Crippen molar-refractivity contribution in [1.82, 2.24) is 5.32 Å². The lowest BCUT2D eigenvalue weighted by molar-refractivity contribution is -0.120. The molecule has 0 heterocycles. The summed E-state index contributed by atoms with van der Waals surface area (Å²) < 4.78 is 0. The fraction of sp³-hybridized carbons (Fsp3) is 0.429. The zero-order chi connectivity index (χ0) is 13.5. The van der Waals surface area contributed by atoms with Gasteiger partial charge in [0, 0.05) is 5.02 Å². The summed E-state index contributed by atoms with van der Waals surface area (Å²) in [5.41, 5.74) is 0.887. The Morgan fingerprint density at radius 3 is 2.50 bits per heavy atom. The van der Waals surface area contributed by atoms with Crippen LogP contribution in [0.25, 0.3) is 0 Å². The average molecular weight is 265 g/mol. The lowest BCUT2D eigenvalue weighted by Gasteiger charge is -2.13. The van der Waals surface area contributed by atoms with Crippen molar-refractivity contribution in [3.8, 4) is 6.07 Å². The van der Waals surface area contributed by atoms with E-state index < -0.39 is 6.04 Å². The number of halogens is 1. The molecule has 3 nitrogen and oxygen atoms in total. The summed E-state index contributed by atoms with van der Waals surface area (Å²) in [5, 5.41) is 12.3. The van der Waals surface area contributed by atoms with E-state index in [1.807, 2.05) is 26.0 Å². The number of hydrogen-bond donors (Lipinski definition) is 1. The van der Waals surface area contributed by atoms with Crippen LogP contribution in [-0.2, 0) is 11.2 Å². The molecule has 0 bridgehead atoms. The smallest absolute Gasteiger partial charge is 0.225 e. The number of nitrogens with one attached hydrogen (secondary N) is 1. The van der Waals surface area contributed by atoms with E-state index in [1.165, 1.54) is 0 Å². The van der Waals surface area contributed by atoms with Crippen LogP contribution in [0.1, 0.15) is 25.8 Å². The van der Waals surface area contributed by atoms with Crippen LogP contribution in [-0.4, -0.2) is 11.9 Å². The van der Waals surface area contributed by atoms with Gasteiger partial charge in [0.1, 0.15) is 6.04 Å². The van der Waals surface area contributed by atoms with E-state index in [9.17, 15) is 4.79 Å². The van der Waals surface area contributed by atoms with E-state index in [-0.39, 0.29) is 12.3 Å². The Morgan fingerprint density at radius 2 is 2.00 bits per heavy atom. The first-order valence-corrected chi connectivity index (χ1v) is 6.32. The standard InChI is InChI=1S/C14H17ClN2O/c1-10(2)7-13(9-16)17-14(18)8-11-3-5-12(15)6-4-11/h3-6,10,13H,7-8H2,1-2H3,(H,17,18)/t13-/m0/s1. The van der Waals surface area contributed by atoms with Gasteiger partial charge < -0.3 is 5.32 Å². The average Bonchev–Trinajstić information content (AvgIpc) is 2.30. The van der Waals surface area contributed by atoms with Gasteiger partial charge in [-0.1, -0.05) is 37.6 Å². The summed E-state index contributed by atoms with van der Waals surface area (Å²) in [6.45, 7) is 4.05. The number of benzene rings is 1. The van der Waals surface area contributed by atoms with Crippen molar-refractivity contribution >= 4 is 17.5 Å². The summed E-state index contributed by atoms with van der Waals surface area (Å²) in [5.74, 6) is 0.245. The van der Waals surface area contributed by atoms with Crippen LogP contribution < -0.4 is 5.32 Å². The van der Waals surface area contributed by atoms with Crippen LogP contribution in [0.15, 0.2) is 24.3 Å². The molecule has 0 radical (unpaired) electrons. The largest absolute Gasteiger partial charge is 0.340 e. The molecule has 0 aliphatic carbocycles. The summed E-state index contributed by atoms with van der Waals surface area (Å²) >= 11 is 5.77. The van der Waals surface area contributed by atoms with Gasteiger partial charge in [0.2, 0.25) is 5.91 Å². The zero-order valence-electron chi connectivity index (χ0n) is 10.6. The van der Waals surface area contributed by atoms with Gasteiger partial charge >= 0.3 is 0 Å².